The molecule has 0 saturated carbocycles. The van der Waals surface area contributed by atoms with Crippen LogP contribution in [0.3, 0.4) is 0 Å². The largest absolute Gasteiger partial charge is 0.338 e. The Morgan fingerprint density at radius 1 is 1.09 bits per heavy atom. The fourth-order valence-electron chi connectivity index (χ4n) is 2.98. The number of carbonyl (C=O) groups excluding carboxylic acids is 1. The van der Waals surface area contributed by atoms with E-state index in [1.165, 1.54) is 44.3 Å². The Morgan fingerprint density at radius 3 is 2.52 bits per heavy atom. The highest BCUT2D eigenvalue weighted by Crippen LogP contribution is 2.13. The molecule has 1 saturated heterocycles. The van der Waals surface area contributed by atoms with Crippen molar-refractivity contribution in [1.82, 2.24) is 10.2 Å². The maximum atomic E-state index is 11.8. The molecular weight excluding hydrogens is 286 g/mol. The second-order valence-corrected chi connectivity index (χ2v) is 6.44. The normalized spacial score (nSPS) is 15.3. The Labute approximate surface area is 140 Å². The SMILES string of the molecule is CCCCCNC(=O)Nc1ccc(CCN2CCCCC2)cc1. The molecule has 0 radical (unpaired) electrons. The number of unbranched alkanes of at least 4 members (excludes halogenated alkanes) is 2. The summed E-state index contributed by atoms with van der Waals surface area (Å²) >= 11 is 0. The van der Waals surface area contributed by atoms with Gasteiger partial charge >= 0.3 is 6.03 Å². The third-order valence-electron chi connectivity index (χ3n) is 4.44. The van der Waals surface area contributed by atoms with E-state index in [1.807, 2.05) is 12.1 Å². The molecule has 0 unspecified atom stereocenters. The van der Waals surface area contributed by atoms with E-state index in [9.17, 15) is 4.79 Å². The third-order valence-corrected chi connectivity index (χ3v) is 4.44. The molecule has 0 bridgehead atoms. The van der Waals surface area contributed by atoms with E-state index in [1.54, 1.807) is 0 Å². The van der Waals surface area contributed by atoms with E-state index in [0.29, 0.717) is 0 Å². The van der Waals surface area contributed by atoms with Crippen LogP contribution in [0.2, 0.25) is 0 Å². The molecule has 0 aromatic heterocycles. The third kappa shape index (κ3) is 7.04. The van der Waals surface area contributed by atoms with Crippen molar-refractivity contribution in [2.75, 3.05) is 31.5 Å². The van der Waals surface area contributed by atoms with Crippen LogP contribution < -0.4 is 10.6 Å². The fourth-order valence-corrected chi connectivity index (χ4v) is 2.98. The molecule has 0 aliphatic carbocycles. The van der Waals surface area contributed by atoms with Crippen LogP contribution in [-0.2, 0) is 6.42 Å². The maximum Gasteiger partial charge on any atom is 0.319 e. The van der Waals surface area contributed by atoms with Gasteiger partial charge in [-0.2, -0.15) is 0 Å². The van der Waals surface area contributed by atoms with Crippen molar-refractivity contribution in [3.8, 4) is 0 Å². The van der Waals surface area contributed by atoms with Gasteiger partial charge < -0.3 is 15.5 Å². The number of anilines is 1. The van der Waals surface area contributed by atoms with Gasteiger partial charge in [0.25, 0.3) is 0 Å². The van der Waals surface area contributed by atoms with Gasteiger partial charge in [0.2, 0.25) is 0 Å². The molecule has 4 heteroatoms. The lowest BCUT2D eigenvalue weighted by molar-refractivity contribution is 0.231. The van der Waals surface area contributed by atoms with Crippen LogP contribution in [0.1, 0.15) is 51.0 Å². The molecule has 128 valence electrons. The number of carbonyl (C=O) groups is 1. The van der Waals surface area contributed by atoms with Gasteiger partial charge in [-0.15, -0.1) is 0 Å². The van der Waals surface area contributed by atoms with Crippen LogP contribution in [0, 0.1) is 0 Å². The predicted octanol–water partition coefficient (Wildman–Crippen LogP) is 4.03. The molecule has 2 rings (SSSR count). The standard InChI is InChI=1S/C19H31N3O/c1-2-3-5-13-20-19(23)21-18-10-8-17(9-11-18)12-16-22-14-6-4-7-15-22/h8-11H,2-7,12-16H2,1H3,(H2,20,21,23). The molecule has 1 fully saturated rings. The summed E-state index contributed by atoms with van der Waals surface area (Å²) in [6, 6.07) is 8.13. The summed E-state index contributed by atoms with van der Waals surface area (Å²) in [5.74, 6) is 0. The molecule has 1 heterocycles. The zero-order chi connectivity index (χ0) is 16.3. The lowest BCUT2D eigenvalue weighted by atomic mass is 10.1. The van der Waals surface area contributed by atoms with Crippen molar-refractivity contribution in [2.24, 2.45) is 0 Å². The first-order valence-corrected chi connectivity index (χ1v) is 9.14. The average molecular weight is 317 g/mol. The second kappa shape index (κ2) is 10.3. The van der Waals surface area contributed by atoms with Gasteiger partial charge in [-0.3, -0.25) is 0 Å². The number of amides is 2. The molecule has 1 aliphatic heterocycles. The van der Waals surface area contributed by atoms with E-state index >= 15 is 0 Å². The van der Waals surface area contributed by atoms with Crippen LogP contribution in [-0.4, -0.2) is 37.1 Å². The number of benzene rings is 1. The van der Waals surface area contributed by atoms with Crippen LogP contribution in [0.5, 0.6) is 0 Å². The Hall–Kier alpha value is -1.55. The zero-order valence-electron chi connectivity index (χ0n) is 14.4. The van der Waals surface area contributed by atoms with Crippen molar-refractivity contribution in [3.05, 3.63) is 29.8 Å². The molecular formula is C19H31N3O. The summed E-state index contributed by atoms with van der Waals surface area (Å²) in [6.45, 7) is 6.54. The van der Waals surface area contributed by atoms with Crippen LogP contribution in [0.25, 0.3) is 0 Å². The highest BCUT2D eigenvalue weighted by atomic mass is 16.2. The minimum Gasteiger partial charge on any atom is -0.338 e. The van der Waals surface area contributed by atoms with Crippen molar-refractivity contribution in [1.29, 1.82) is 0 Å². The van der Waals surface area contributed by atoms with Crippen molar-refractivity contribution < 1.29 is 4.79 Å². The molecule has 0 spiro atoms. The Bertz CT molecular complexity index is 452. The highest BCUT2D eigenvalue weighted by molar-refractivity contribution is 5.89. The van der Waals surface area contributed by atoms with E-state index in [4.69, 9.17) is 0 Å². The molecule has 1 aromatic carbocycles. The molecule has 23 heavy (non-hydrogen) atoms. The number of likely N-dealkylation sites (tertiary alicyclic amines) is 1. The van der Waals surface area contributed by atoms with Crippen LogP contribution >= 0.6 is 0 Å². The lowest BCUT2D eigenvalue weighted by Gasteiger charge is -2.26. The number of nitrogens with one attached hydrogen (secondary N) is 2. The summed E-state index contributed by atoms with van der Waals surface area (Å²) in [5, 5.41) is 5.78. The summed E-state index contributed by atoms with van der Waals surface area (Å²) in [6.07, 6.45) is 8.53. The minimum atomic E-state index is -0.109. The predicted molar refractivity (Wildman–Crippen MR) is 97.0 cm³/mol. The monoisotopic (exact) mass is 317 g/mol. The average Bonchev–Trinajstić information content (AvgIpc) is 2.59. The van der Waals surface area contributed by atoms with Gasteiger partial charge in [0, 0.05) is 18.8 Å². The van der Waals surface area contributed by atoms with E-state index in [0.717, 1.165) is 38.0 Å². The highest BCUT2D eigenvalue weighted by Gasteiger charge is 2.09. The van der Waals surface area contributed by atoms with Crippen LogP contribution in [0.15, 0.2) is 24.3 Å². The van der Waals surface area contributed by atoms with Crippen molar-refractivity contribution >= 4 is 11.7 Å². The number of urea groups is 1. The minimum absolute atomic E-state index is 0.109. The summed E-state index contributed by atoms with van der Waals surface area (Å²) in [7, 11) is 0. The van der Waals surface area contributed by atoms with E-state index in [-0.39, 0.29) is 6.03 Å². The van der Waals surface area contributed by atoms with Crippen molar-refractivity contribution in [2.45, 2.75) is 51.9 Å². The first-order valence-electron chi connectivity index (χ1n) is 9.14. The smallest absolute Gasteiger partial charge is 0.319 e. The first kappa shape index (κ1) is 17.8. The van der Waals surface area contributed by atoms with E-state index < -0.39 is 0 Å². The summed E-state index contributed by atoms with van der Waals surface area (Å²) < 4.78 is 0. The number of piperidine rings is 1. The molecule has 2 N–H and O–H groups in total. The quantitative estimate of drug-likeness (QED) is 0.711. The topological polar surface area (TPSA) is 44.4 Å². The molecule has 1 aromatic rings. The number of nitrogens with zero attached hydrogens (tertiary/aromatic N) is 1. The number of rotatable bonds is 8. The Balaban J connectivity index is 1.68. The summed E-state index contributed by atoms with van der Waals surface area (Å²) in [4.78, 5) is 14.3. The van der Waals surface area contributed by atoms with Gasteiger partial charge in [0.15, 0.2) is 0 Å². The van der Waals surface area contributed by atoms with Gasteiger partial charge in [0.1, 0.15) is 0 Å². The number of hydrogen-bond donors (Lipinski definition) is 2. The first-order chi connectivity index (χ1) is 11.3. The zero-order valence-corrected chi connectivity index (χ0v) is 14.4. The second-order valence-electron chi connectivity index (χ2n) is 6.44. The maximum absolute atomic E-state index is 11.8. The van der Waals surface area contributed by atoms with Crippen molar-refractivity contribution in [3.63, 3.8) is 0 Å². The molecule has 1 aliphatic rings. The summed E-state index contributed by atoms with van der Waals surface area (Å²) in [5.41, 5.74) is 2.20. The molecule has 0 atom stereocenters. The van der Waals surface area contributed by atoms with Gasteiger partial charge in [-0.1, -0.05) is 38.3 Å². The van der Waals surface area contributed by atoms with E-state index in [2.05, 4.69) is 34.6 Å². The van der Waals surface area contributed by atoms with Crippen LogP contribution in [0.4, 0.5) is 10.5 Å². The lowest BCUT2D eigenvalue weighted by Crippen LogP contribution is -2.31. The van der Waals surface area contributed by atoms with Gasteiger partial charge in [-0.05, 0) is 56.5 Å². The molecule has 4 nitrogen and oxygen atoms in total. The molecule has 2 amide bonds. The Kier molecular flexibility index (Phi) is 7.95. The van der Waals surface area contributed by atoms with Gasteiger partial charge in [-0.25, -0.2) is 4.79 Å². The number of hydrogen-bond acceptors (Lipinski definition) is 2. The Morgan fingerprint density at radius 2 is 1.83 bits per heavy atom. The fraction of sp³-hybridized carbons (Fsp3) is 0.632. The van der Waals surface area contributed by atoms with Gasteiger partial charge in [0.05, 0.1) is 0 Å².